The highest BCUT2D eigenvalue weighted by Crippen LogP contribution is 2.04. The Morgan fingerprint density at radius 3 is 2.50 bits per heavy atom. The van der Waals surface area contributed by atoms with Gasteiger partial charge in [0.25, 0.3) is 5.91 Å². The second kappa shape index (κ2) is 4.78. The highest BCUT2D eigenvalue weighted by Gasteiger charge is 2.24. The Kier molecular flexibility index (Phi) is 3.65. The zero-order valence-electron chi connectivity index (χ0n) is 9.44. The first-order valence-corrected chi connectivity index (χ1v) is 4.97. The average Bonchev–Trinajstić information content (AvgIpc) is 2.59. The van der Waals surface area contributed by atoms with Gasteiger partial charge in [-0.05, 0) is 18.9 Å². The highest BCUT2D eigenvalue weighted by atomic mass is 16.4. The van der Waals surface area contributed by atoms with E-state index in [0.717, 1.165) is 5.69 Å². The maximum atomic E-state index is 11.6. The minimum Gasteiger partial charge on any atom is -0.480 e. The molecule has 1 aromatic rings. The second-order valence-corrected chi connectivity index (χ2v) is 3.97. The van der Waals surface area contributed by atoms with Gasteiger partial charge in [0, 0.05) is 5.69 Å². The van der Waals surface area contributed by atoms with E-state index in [1.54, 1.807) is 26.8 Å². The molecule has 0 aromatic carbocycles. The van der Waals surface area contributed by atoms with Crippen LogP contribution in [0.25, 0.3) is 0 Å². The molecule has 1 rings (SSSR count). The highest BCUT2D eigenvalue weighted by molar-refractivity contribution is 5.95. The number of aliphatic carboxylic acids is 1. The predicted octanol–water partition coefficient (Wildman–Crippen LogP) is 0.557. The van der Waals surface area contributed by atoms with Gasteiger partial charge in [0.05, 0.1) is 0 Å². The number of carboxylic acids is 1. The molecule has 88 valence electrons. The summed E-state index contributed by atoms with van der Waals surface area (Å²) >= 11 is 0. The van der Waals surface area contributed by atoms with Crippen LogP contribution in [-0.2, 0) is 4.79 Å². The Morgan fingerprint density at radius 2 is 2.12 bits per heavy atom. The summed E-state index contributed by atoms with van der Waals surface area (Å²) in [6, 6.07) is 0.665. The second-order valence-electron chi connectivity index (χ2n) is 3.97. The van der Waals surface area contributed by atoms with Crippen molar-refractivity contribution >= 4 is 11.9 Å². The molecule has 0 saturated carbocycles. The lowest BCUT2D eigenvalue weighted by atomic mass is 10.0. The van der Waals surface area contributed by atoms with Crippen LogP contribution in [-0.4, -0.2) is 33.2 Å². The Bertz CT molecular complexity index is 398. The number of carboxylic acid groups (broad SMARTS) is 1. The summed E-state index contributed by atoms with van der Waals surface area (Å²) < 4.78 is 0. The number of carbonyl (C=O) groups excluding carboxylic acids is 1. The van der Waals surface area contributed by atoms with E-state index in [9.17, 15) is 9.59 Å². The predicted molar refractivity (Wildman–Crippen MR) is 57.1 cm³/mol. The van der Waals surface area contributed by atoms with E-state index in [-0.39, 0.29) is 11.6 Å². The third kappa shape index (κ3) is 2.82. The summed E-state index contributed by atoms with van der Waals surface area (Å²) in [6.45, 7) is 5.23. The summed E-state index contributed by atoms with van der Waals surface area (Å²) in [5, 5.41) is 17.7. The quantitative estimate of drug-likeness (QED) is 0.697. The van der Waals surface area contributed by atoms with Gasteiger partial charge in [-0.25, -0.2) is 4.79 Å². The minimum atomic E-state index is -1.05. The molecule has 0 saturated heterocycles. The van der Waals surface area contributed by atoms with E-state index in [2.05, 4.69) is 15.5 Å². The van der Waals surface area contributed by atoms with Gasteiger partial charge in [0.2, 0.25) is 0 Å². The van der Waals surface area contributed by atoms with Gasteiger partial charge in [0.15, 0.2) is 0 Å². The number of aromatic nitrogens is 2. The Morgan fingerprint density at radius 1 is 1.50 bits per heavy atom. The molecule has 0 spiro atoms. The van der Waals surface area contributed by atoms with E-state index < -0.39 is 17.9 Å². The number of carbonyl (C=O) groups is 2. The molecule has 6 nitrogen and oxygen atoms in total. The molecule has 1 amide bonds. The van der Waals surface area contributed by atoms with Crippen molar-refractivity contribution in [3.05, 3.63) is 17.5 Å². The largest absolute Gasteiger partial charge is 0.480 e. The van der Waals surface area contributed by atoms with Crippen LogP contribution in [0.4, 0.5) is 0 Å². The zero-order valence-corrected chi connectivity index (χ0v) is 9.44. The number of aromatic amines is 1. The number of amides is 1. The van der Waals surface area contributed by atoms with Crippen LogP contribution < -0.4 is 5.32 Å². The van der Waals surface area contributed by atoms with Gasteiger partial charge >= 0.3 is 5.97 Å². The van der Waals surface area contributed by atoms with Gasteiger partial charge < -0.3 is 10.4 Å². The molecule has 0 fully saturated rings. The summed E-state index contributed by atoms with van der Waals surface area (Å²) in [4.78, 5) is 22.5. The third-order valence-electron chi connectivity index (χ3n) is 2.16. The molecule has 1 heterocycles. The Hall–Kier alpha value is -1.85. The smallest absolute Gasteiger partial charge is 0.326 e. The molecule has 0 aliphatic carbocycles. The first-order chi connectivity index (χ1) is 7.41. The summed E-state index contributed by atoms with van der Waals surface area (Å²) in [5.74, 6) is -1.71. The van der Waals surface area contributed by atoms with Gasteiger partial charge in [-0.15, -0.1) is 0 Å². The average molecular weight is 225 g/mol. The number of hydrogen-bond donors (Lipinski definition) is 3. The van der Waals surface area contributed by atoms with Crippen LogP contribution in [0.15, 0.2) is 6.07 Å². The Balaban J connectivity index is 2.73. The number of aryl methyl sites for hydroxylation is 1. The lowest BCUT2D eigenvalue weighted by Gasteiger charge is -2.16. The first-order valence-electron chi connectivity index (χ1n) is 4.97. The molecule has 0 aliphatic rings. The number of hydrogen-bond acceptors (Lipinski definition) is 3. The van der Waals surface area contributed by atoms with Crippen molar-refractivity contribution < 1.29 is 14.7 Å². The van der Waals surface area contributed by atoms with E-state index in [1.165, 1.54) is 0 Å². The van der Waals surface area contributed by atoms with Crippen molar-refractivity contribution in [1.82, 2.24) is 15.5 Å². The van der Waals surface area contributed by atoms with Crippen molar-refractivity contribution in [3.8, 4) is 0 Å². The van der Waals surface area contributed by atoms with Crippen LogP contribution in [0.2, 0.25) is 0 Å². The minimum absolute atomic E-state index is 0.179. The van der Waals surface area contributed by atoms with Gasteiger partial charge in [-0.2, -0.15) is 5.10 Å². The number of rotatable bonds is 4. The van der Waals surface area contributed by atoms with E-state index >= 15 is 0 Å². The lowest BCUT2D eigenvalue weighted by molar-refractivity contribution is -0.140. The zero-order chi connectivity index (χ0) is 12.3. The van der Waals surface area contributed by atoms with Crippen LogP contribution in [0, 0.1) is 12.8 Å². The number of nitrogens with one attached hydrogen (secondary N) is 2. The molecular formula is C10H15N3O3. The van der Waals surface area contributed by atoms with Gasteiger partial charge in [0.1, 0.15) is 11.7 Å². The van der Waals surface area contributed by atoms with Crippen molar-refractivity contribution in [1.29, 1.82) is 0 Å². The monoisotopic (exact) mass is 225 g/mol. The van der Waals surface area contributed by atoms with E-state index in [4.69, 9.17) is 5.11 Å². The van der Waals surface area contributed by atoms with E-state index in [1.807, 2.05) is 0 Å². The van der Waals surface area contributed by atoms with Crippen molar-refractivity contribution in [2.45, 2.75) is 26.8 Å². The molecule has 0 radical (unpaired) electrons. The van der Waals surface area contributed by atoms with Crippen LogP contribution in [0.1, 0.15) is 30.0 Å². The van der Waals surface area contributed by atoms with Crippen molar-refractivity contribution in [3.63, 3.8) is 0 Å². The summed E-state index contributed by atoms with van der Waals surface area (Å²) in [7, 11) is 0. The SMILES string of the molecule is Cc1cc(C(=O)N[C@@H](C(=O)O)C(C)C)n[nH]1. The first kappa shape index (κ1) is 12.2. The molecule has 1 aromatic heterocycles. The molecule has 0 bridgehead atoms. The van der Waals surface area contributed by atoms with Gasteiger partial charge in [-0.3, -0.25) is 9.89 Å². The topological polar surface area (TPSA) is 95.1 Å². The molecular weight excluding hydrogens is 210 g/mol. The molecule has 0 unspecified atom stereocenters. The maximum absolute atomic E-state index is 11.6. The van der Waals surface area contributed by atoms with Crippen LogP contribution >= 0.6 is 0 Å². The maximum Gasteiger partial charge on any atom is 0.326 e. The Labute approximate surface area is 93.1 Å². The van der Waals surface area contributed by atoms with Gasteiger partial charge in [-0.1, -0.05) is 13.8 Å². The van der Waals surface area contributed by atoms with E-state index in [0.29, 0.717) is 0 Å². The standard InChI is InChI=1S/C10H15N3O3/c1-5(2)8(10(15)16)11-9(14)7-4-6(3)12-13-7/h4-5,8H,1-3H3,(H,11,14)(H,12,13)(H,15,16)/t8-/m1/s1. The third-order valence-corrected chi connectivity index (χ3v) is 2.16. The fourth-order valence-corrected chi connectivity index (χ4v) is 1.26. The molecule has 6 heteroatoms. The van der Waals surface area contributed by atoms with Crippen LogP contribution in [0.3, 0.4) is 0 Å². The number of H-pyrrole nitrogens is 1. The summed E-state index contributed by atoms with van der Waals surface area (Å²) in [6.07, 6.45) is 0. The molecule has 3 N–H and O–H groups in total. The molecule has 0 aliphatic heterocycles. The normalized spacial score (nSPS) is 12.5. The fraction of sp³-hybridized carbons (Fsp3) is 0.500. The fourth-order valence-electron chi connectivity index (χ4n) is 1.26. The number of nitrogens with zero attached hydrogens (tertiary/aromatic N) is 1. The van der Waals surface area contributed by atoms with Crippen LogP contribution in [0.5, 0.6) is 0 Å². The van der Waals surface area contributed by atoms with Crippen molar-refractivity contribution in [2.75, 3.05) is 0 Å². The molecule has 16 heavy (non-hydrogen) atoms. The lowest BCUT2D eigenvalue weighted by Crippen LogP contribution is -2.44. The van der Waals surface area contributed by atoms with Crippen molar-refractivity contribution in [2.24, 2.45) is 5.92 Å². The molecule has 1 atom stereocenters. The summed E-state index contributed by atoms with van der Waals surface area (Å²) in [5.41, 5.74) is 0.950.